The Balaban J connectivity index is 1.40. The van der Waals surface area contributed by atoms with E-state index in [2.05, 4.69) is 25.4 Å². The van der Waals surface area contributed by atoms with Crippen molar-refractivity contribution < 1.29 is 8.94 Å². The van der Waals surface area contributed by atoms with Crippen LogP contribution < -0.4 is 5.73 Å². The molecule has 0 fully saturated rings. The van der Waals surface area contributed by atoms with Gasteiger partial charge in [-0.25, -0.2) is 4.68 Å². The summed E-state index contributed by atoms with van der Waals surface area (Å²) in [6, 6.07) is 15.0. The molecule has 5 rings (SSSR count). The normalized spacial score (nSPS) is 11.2. The van der Waals surface area contributed by atoms with Gasteiger partial charge in [-0.2, -0.15) is 15.2 Å². The molecule has 0 unspecified atom stereocenters. The molecule has 0 saturated carbocycles. The van der Waals surface area contributed by atoms with Crippen LogP contribution >= 0.6 is 0 Å². The van der Waals surface area contributed by atoms with E-state index >= 15 is 0 Å². The highest BCUT2D eigenvalue weighted by atomic mass is 16.5. The number of hydrogen-bond acceptors (Lipinski definition) is 7. The summed E-state index contributed by atoms with van der Waals surface area (Å²) in [5.41, 5.74) is 9.79. The molecule has 0 aliphatic rings. The van der Waals surface area contributed by atoms with Gasteiger partial charge in [0.15, 0.2) is 5.76 Å². The average molecular weight is 387 g/mol. The highest BCUT2D eigenvalue weighted by Crippen LogP contribution is 2.26. The van der Waals surface area contributed by atoms with E-state index < -0.39 is 0 Å². The number of H-pyrrole nitrogens is 1. The number of nitrogens with zero attached hydrogens (tertiary/aromatic N) is 5. The number of nitrogens with two attached hydrogens (primary N) is 1. The molecule has 0 bridgehead atoms. The molecule has 4 heterocycles. The Bertz CT molecular complexity index is 1290. The molecule has 5 aromatic rings. The number of rotatable bonds is 4. The Labute approximate surface area is 165 Å². The summed E-state index contributed by atoms with van der Waals surface area (Å²) in [7, 11) is 0. The molecule has 0 aliphatic carbocycles. The number of nitrogen functional groups attached to an aromatic ring is 1. The van der Waals surface area contributed by atoms with Crippen LogP contribution in [0.1, 0.15) is 11.5 Å². The highest BCUT2D eigenvalue weighted by molar-refractivity contribution is 5.63. The first-order valence-electron chi connectivity index (χ1n) is 8.96. The van der Waals surface area contributed by atoms with Gasteiger partial charge in [-0.3, -0.25) is 5.10 Å². The molecule has 29 heavy (non-hydrogen) atoms. The Hall–Kier alpha value is -4.14. The molecule has 1 aromatic carbocycles. The molecular formula is C20H17N7O2. The number of nitrogens with one attached hydrogen (secondary N) is 1. The standard InChI is InChI=1S/C20H17N7O2/c1-11-9-18(21)27(25-11)14-6-4-13(5-7-14)19-22-20(29-26-19)16-10-15(23-24-16)17-8-3-12(2)28-17/h3-10H,21H2,1-2H3,(H,23,24). The van der Waals surface area contributed by atoms with Crippen molar-refractivity contribution in [3.63, 3.8) is 0 Å². The lowest BCUT2D eigenvalue weighted by atomic mass is 10.2. The van der Waals surface area contributed by atoms with Gasteiger partial charge in [0.1, 0.15) is 23.0 Å². The van der Waals surface area contributed by atoms with Gasteiger partial charge in [0.05, 0.1) is 11.4 Å². The fourth-order valence-corrected chi connectivity index (χ4v) is 3.06. The number of anilines is 1. The number of hydrogen-bond donors (Lipinski definition) is 2. The van der Waals surface area contributed by atoms with Gasteiger partial charge in [0.25, 0.3) is 5.89 Å². The lowest BCUT2D eigenvalue weighted by Gasteiger charge is -2.04. The first-order valence-corrected chi connectivity index (χ1v) is 8.96. The molecule has 3 N–H and O–H groups in total. The molecule has 0 amide bonds. The summed E-state index contributed by atoms with van der Waals surface area (Å²) in [6.45, 7) is 3.78. The van der Waals surface area contributed by atoms with Crippen LogP contribution in [0.2, 0.25) is 0 Å². The number of furan rings is 1. The van der Waals surface area contributed by atoms with Crippen molar-refractivity contribution in [2.45, 2.75) is 13.8 Å². The van der Waals surface area contributed by atoms with Crippen molar-refractivity contribution in [3.8, 4) is 40.1 Å². The number of benzene rings is 1. The second-order valence-electron chi connectivity index (χ2n) is 6.67. The minimum atomic E-state index is 0.345. The molecule has 144 valence electrons. The maximum atomic E-state index is 5.98. The third kappa shape index (κ3) is 3.08. The lowest BCUT2D eigenvalue weighted by Crippen LogP contribution is -2.01. The highest BCUT2D eigenvalue weighted by Gasteiger charge is 2.15. The topological polar surface area (TPSA) is 125 Å². The van der Waals surface area contributed by atoms with E-state index in [0.29, 0.717) is 34.7 Å². The maximum Gasteiger partial charge on any atom is 0.276 e. The van der Waals surface area contributed by atoms with Gasteiger partial charge < -0.3 is 14.7 Å². The number of aromatic amines is 1. The lowest BCUT2D eigenvalue weighted by molar-refractivity contribution is 0.431. The van der Waals surface area contributed by atoms with Crippen molar-refractivity contribution in [1.29, 1.82) is 0 Å². The molecule has 0 saturated heterocycles. The Morgan fingerprint density at radius 1 is 1.03 bits per heavy atom. The average Bonchev–Trinajstić information content (AvgIpc) is 3.48. The summed E-state index contributed by atoms with van der Waals surface area (Å²) in [4.78, 5) is 4.46. The summed E-state index contributed by atoms with van der Waals surface area (Å²) in [5.74, 6) is 2.90. The molecule has 4 aromatic heterocycles. The minimum absolute atomic E-state index is 0.345. The van der Waals surface area contributed by atoms with Crippen molar-refractivity contribution in [3.05, 3.63) is 60.0 Å². The van der Waals surface area contributed by atoms with E-state index in [1.165, 1.54) is 0 Å². The first kappa shape index (κ1) is 17.0. The van der Waals surface area contributed by atoms with Gasteiger partial charge >= 0.3 is 0 Å². The Kier molecular flexibility index (Phi) is 3.80. The van der Waals surface area contributed by atoms with Crippen molar-refractivity contribution >= 4 is 5.82 Å². The largest absolute Gasteiger partial charge is 0.460 e. The zero-order valence-corrected chi connectivity index (χ0v) is 15.7. The minimum Gasteiger partial charge on any atom is -0.460 e. The van der Waals surface area contributed by atoms with Gasteiger partial charge in [0, 0.05) is 17.7 Å². The Morgan fingerprint density at radius 3 is 2.55 bits per heavy atom. The van der Waals surface area contributed by atoms with Crippen LogP contribution in [0.3, 0.4) is 0 Å². The smallest absolute Gasteiger partial charge is 0.276 e. The SMILES string of the molecule is Cc1cc(N)n(-c2ccc(-c3noc(-c4cc(-c5ccc(C)o5)n[nH]4)n3)cc2)n1. The Morgan fingerprint density at radius 2 is 1.86 bits per heavy atom. The fourth-order valence-electron chi connectivity index (χ4n) is 3.06. The summed E-state index contributed by atoms with van der Waals surface area (Å²) < 4.78 is 12.7. The summed E-state index contributed by atoms with van der Waals surface area (Å²) >= 11 is 0. The van der Waals surface area contributed by atoms with E-state index in [-0.39, 0.29) is 0 Å². The van der Waals surface area contributed by atoms with Gasteiger partial charge in [0.2, 0.25) is 5.82 Å². The molecule has 0 spiro atoms. The van der Waals surface area contributed by atoms with E-state index in [1.54, 1.807) is 4.68 Å². The molecular weight excluding hydrogens is 370 g/mol. The van der Waals surface area contributed by atoms with Gasteiger partial charge in [-0.1, -0.05) is 5.16 Å². The quantitative estimate of drug-likeness (QED) is 0.481. The predicted octanol–water partition coefficient (Wildman–Crippen LogP) is 3.77. The van der Waals surface area contributed by atoms with Crippen LogP contribution in [0.4, 0.5) is 5.82 Å². The second kappa shape index (κ2) is 6.48. The third-order valence-corrected chi connectivity index (χ3v) is 4.46. The molecule has 9 nitrogen and oxygen atoms in total. The van der Waals surface area contributed by atoms with E-state index in [9.17, 15) is 0 Å². The van der Waals surface area contributed by atoms with E-state index in [0.717, 1.165) is 22.7 Å². The van der Waals surface area contributed by atoms with Crippen LogP contribution in [0, 0.1) is 13.8 Å². The summed E-state index contributed by atoms with van der Waals surface area (Å²) in [6.07, 6.45) is 0. The van der Waals surface area contributed by atoms with E-state index in [4.69, 9.17) is 14.7 Å². The van der Waals surface area contributed by atoms with Crippen molar-refractivity contribution in [1.82, 2.24) is 30.1 Å². The van der Waals surface area contributed by atoms with Crippen molar-refractivity contribution in [2.24, 2.45) is 0 Å². The van der Waals surface area contributed by atoms with Crippen LogP contribution in [0.5, 0.6) is 0 Å². The first-order chi connectivity index (χ1) is 14.1. The molecule has 0 aliphatic heterocycles. The van der Waals surface area contributed by atoms with Crippen LogP contribution in [-0.4, -0.2) is 30.1 Å². The zero-order valence-electron chi connectivity index (χ0n) is 15.7. The number of aryl methyl sites for hydroxylation is 2. The van der Waals surface area contributed by atoms with Gasteiger partial charge in [-0.05, 0) is 50.2 Å². The van der Waals surface area contributed by atoms with Gasteiger partial charge in [-0.15, -0.1) is 0 Å². The summed E-state index contributed by atoms with van der Waals surface area (Å²) in [5, 5.41) is 15.6. The van der Waals surface area contributed by atoms with Crippen LogP contribution in [0.25, 0.3) is 40.1 Å². The molecule has 0 radical (unpaired) electrons. The molecule has 0 atom stereocenters. The molecule has 9 heteroatoms. The fraction of sp³-hybridized carbons (Fsp3) is 0.100. The monoisotopic (exact) mass is 387 g/mol. The zero-order chi connectivity index (χ0) is 20.0. The van der Waals surface area contributed by atoms with E-state index in [1.807, 2.05) is 62.4 Å². The predicted molar refractivity (Wildman–Crippen MR) is 106 cm³/mol. The van der Waals surface area contributed by atoms with Crippen LogP contribution in [0.15, 0.2) is 57.5 Å². The number of aromatic nitrogens is 6. The second-order valence-corrected chi connectivity index (χ2v) is 6.67. The van der Waals surface area contributed by atoms with Crippen molar-refractivity contribution in [2.75, 3.05) is 5.73 Å². The van der Waals surface area contributed by atoms with Crippen LogP contribution in [-0.2, 0) is 0 Å². The maximum absolute atomic E-state index is 5.98. The third-order valence-electron chi connectivity index (χ3n) is 4.46.